The lowest BCUT2D eigenvalue weighted by molar-refractivity contribution is -0.148. The van der Waals surface area contributed by atoms with Crippen LogP contribution in [0.25, 0.3) is 0 Å². The van der Waals surface area contributed by atoms with E-state index in [1.165, 1.54) is 4.90 Å². The Labute approximate surface area is 83.3 Å². The van der Waals surface area contributed by atoms with Crippen molar-refractivity contribution in [3.05, 3.63) is 0 Å². The van der Waals surface area contributed by atoms with Crippen molar-refractivity contribution in [2.75, 3.05) is 13.1 Å². The molecule has 0 radical (unpaired) electrons. The quantitative estimate of drug-likeness (QED) is 0.677. The summed E-state index contributed by atoms with van der Waals surface area (Å²) in [5.74, 6) is -3.45. The maximum Gasteiger partial charge on any atom is 0.267 e. The minimum atomic E-state index is -2.71. The molecule has 4 heteroatoms. The maximum absolute atomic E-state index is 13.3. The Hall–Kier alpha value is -0.670. The minimum Gasteiger partial charge on any atom is -0.337 e. The van der Waals surface area contributed by atoms with Gasteiger partial charge in [-0.2, -0.15) is 0 Å². The second-order valence-corrected chi connectivity index (χ2v) is 4.02. The van der Waals surface area contributed by atoms with Gasteiger partial charge in [0, 0.05) is 18.9 Å². The molecule has 0 aliphatic carbocycles. The third-order valence-electron chi connectivity index (χ3n) is 2.77. The van der Waals surface area contributed by atoms with E-state index < -0.39 is 18.4 Å². The van der Waals surface area contributed by atoms with Crippen LogP contribution < -0.4 is 0 Å². The van der Waals surface area contributed by atoms with Gasteiger partial charge >= 0.3 is 0 Å². The molecule has 1 amide bonds. The first kappa shape index (κ1) is 11.4. The summed E-state index contributed by atoms with van der Waals surface area (Å²) < 4.78 is 26.5. The normalized spacial score (nSPS) is 26.3. The topological polar surface area (TPSA) is 20.3 Å². The molecule has 1 unspecified atom stereocenters. The van der Waals surface area contributed by atoms with Crippen molar-refractivity contribution >= 4 is 5.91 Å². The highest BCUT2D eigenvalue weighted by atomic mass is 19.3. The van der Waals surface area contributed by atoms with Crippen molar-refractivity contribution in [2.45, 2.75) is 39.0 Å². The van der Waals surface area contributed by atoms with Crippen molar-refractivity contribution in [1.82, 2.24) is 4.90 Å². The number of carbonyl (C=O) groups is 1. The van der Waals surface area contributed by atoms with Crippen LogP contribution in [-0.4, -0.2) is 29.8 Å². The Balaban J connectivity index is 2.55. The zero-order valence-electron chi connectivity index (χ0n) is 8.72. The number of piperidine rings is 1. The van der Waals surface area contributed by atoms with Crippen LogP contribution >= 0.6 is 0 Å². The predicted molar refractivity (Wildman–Crippen MR) is 50.2 cm³/mol. The molecule has 0 aromatic heterocycles. The maximum atomic E-state index is 13.3. The number of hydrogen-bond acceptors (Lipinski definition) is 1. The largest absolute Gasteiger partial charge is 0.337 e. The number of nitrogens with zero attached hydrogens (tertiary/aromatic N) is 1. The monoisotopic (exact) mass is 205 g/mol. The van der Waals surface area contributed by atoms with Crippen LogP contribution in [0.15, 0.2) is 0 Å². The lowest BCUT2D eigenvalue weighted by atomic mass is 9.94. The smallest absolute Gasteiger partial charge is 0.267 e. The molecular formula is C10H17F2NO. The standard InChI is InChI=1S/C10H17F2NO/c1-3-4-9(14)13-6-5-8(2)10(11,12)7-13/h8H,3-7H2,1-2H3. The second kappa shape index (κ2) is 4.24. The van der Waals surface area contributed by atoms with Crippen molar-refractivity contribution in [3.8, 4) is 0 Å². The van der Waals surface area contributed by atoms with Gasteiger partial charge in [-0.25, -0.2) is 8.78 Å². The first-order valence-corrected chi connectivity index (χ1v) is 5.13. The molecule has 1 heterocycles. The van der Waals surface area contributed by atoms with Gasteiger partial charge in [0.15, 0.2) is 0 Å². The van der Waals surface area contributed by atoms with Crippen LogP contribution in [0.2, 0.25) is 0 Å². The van der Waals surface area contributed by atoms with Crippen LogP contribution in [0, 0.1) is 5.92 Å². The van der Waals surface area contributed by atoms with E-state index >= 15 is 0 Å². The van der Waals surface area contributed by atoms with Crippen LogP contribution in [0.5, 0.6) is 0 Å². The van der Waals surface area contributed by atoms with E-state index in [1.807, 2.05) is 6.92 Å². The number of carbonyl (C=O) groups excluding carboxylic acids is 1. The van der Waals surface area contributed by atoms with E-state index in [-0.39, 0.29) is 5.91 Å². The molecule has 14 heavy (non-hydrogen) atoms. The summed E-state index contributed by atoms with van der Waals surface area (Å²) in [5, 5.41) is 0. The minimum absolute atomic E-state index is 0.140. The van der Waals surface area contributed by atoms with Crippen molar-refractivity contribution in [3.63, 3.8) is 0 Å². The Morgan fingerprint density at radius 3 is 2.71 bits per heavy atom. The molecular weight excluding hydrogens is 188 g/mol. The summed E-state index contributed by atoms with van der Waals surface area (Å²) in [5.41, 5.74) is 0. The van der Waals surface area contributed by atoms with E-state index in [9.17, 15) is 13.6 Å². The van der Waals surface area contributed by atoms with Crippen molar-refractivity contribution in [1.29, 1.82) is 0 Å². The molecule has 0 aromatic rings. The molecule has 1 fully saturated rings. The fraction of sp³-hybridized carbons (Fsp3) is 0.900. The highest BCUT2D eigenvalue weighted by Gasteiger charge is 2.42. The van der Waals surface area contributed by atoms with Gasteiger partial charge in [-0.1, -0.05) is 13.8 Å². The number of alkyl halides is 2. The van der Waals surface area contributed by atoms with Crippen LogP contribution in [0.3, 0.4) is 0 Å². The molecule has 0 spiro atoms. The number of amides is 1. The molecule has 2 nitrogen and oxygen atoms in total. The third-order valence-corrected chi connectivity index (χ3v) is 2.77. The number of halogens is 2. The SMILES string of the molecule is CCCC(=O)N1CCC(C)C(F)(F)C1. The summed E-state index contributed by atoms with van der Waals surface area (Å²) in [6, 6.07) is 0. The van der Waals surface area contributed by atoms with E-state index in [1.54, 1.807) is 6.92 Å². The average Bonchev–Trinajstić information content (AvgIpc) is 2.10. The van der Waals surface area contributed by atoms with Gasteiger partial charge in [-0.3, -0.25) is 4.79 Å². The summed E-state index contributed by atoms with van der Waals surface area (Å²) in [7, 11) is 0. The van der Waals surface area contributed by atoms with E-state index in [2.05, 4.69) is 0 Å². The Morgan fingerprint density at radius 1 is 1.57 bits per heavy atom. The summed E-state index contributed by atoms with van der Waals surface area (Å²) >= 11 is 0. The molecule has 1 atom stereocenters. The van der Waals surface area contributed by atoms with Gasteiger partial charge in [0.1, 0.15) is 0 Å². The van der Waals surface area contributed by atoms with Crippen molar-refractivity contribution < 1.29 is 13.6 Å². The number of rotatable bonds is 2. The van der Waals surface area contributed by atoms with Gasteiger partial charge in [-0.15, -0.1) is 0 Å². The van der Waals surface area contributed by atoms with Crippen molar-refractivity contribution in [2.24, 2.45) is 5.92 Å². The molecule has 1 aliphatic rings. The fourth-order valence-corrected chi connectivity index (χ4v) is 1.63. The van der Waals surface area contributed by atoms with Gasteiger partial charge < -0.3 is 4.90 Å². The van der Waals surface area contributed by atoms with Gasteiger partial charge in [0.05, 0.1) is 6.54 Å². The first-order valence-electron chi connectivity index (χ1n) is 5.13. The number of likely N-dealkylation sites (tertiary alicyclic amines) is 1. The van der Waals surface area contributed by atoms with Gasteiger partial charge in [0.2, 0.25) is 5.91 Å². The van der Waals surface area contributed by atoms with Crippen LogP contribution in [0.1, 0.15) is 33.1 Å². The summed E-state index contributed by atoms with van der Waals surface area (Å²) in [6.07, 6.45) is 1.50. The summed E-state index contributed by atoms with van der Waals surface area (Å²) in [4.78, 5) is 12.7. The Kier molecular flexibility index (Phi) is 3.45. The second-order valence-electron chi connectivity index (χ2n) is 4.02. The molecule has 82 valence electrons. The summed E-state index contributed by atoms with van der Waals surface area (Å²) in [6.45, 7) is 3.51. The molecule has 1 saturated heterocycles. The molecule has 0 bridgehead atoms. The van der Waals surface area contributed by atoms with E-state index in [0.717, 1.165) is 6.42 Å². The third kappa shape index (κ3) is 2.42. The number of hydrogen-bond donors (Lipinski definition) is 0. The molecule has 1 rings (SSSR count). The molecule has 1 aliphatic heterocycles. The molecule has 0 aromatic carbocycles. The lowest BCUT2D eigenvalue weighted by Gasteiger charge is -2.36. The van der Waals surface area contributed by atoms with E-state index in [0.29, 0.717) is 19.4 Å². The van der Waals surface area contributed by atoms with E-state index in [4.69, 9.17) is 0 Å². The average molecular weight is 205 g/mol. The van der Waals surface area contributed by atoms with Crippen LogP contribution in [-0.2, 0) is 4.79 Å². The zero-order chi connectivity index (χ0) is 10.8. The van der Waals surface area contributed by atoms with Crippen LogP contribution in [0.4, 0.5) is 8.78 Å². The Bertz CT molecular complexity index is 218. The van der Waals surface area contributed by atoms with Gasteiger partial charge in [0.25, 0.3) is 5.92 Å². The first-order chi connectivity index (χ1) is 6.47. The fourth-order valence-electron chi connectivity index (χ4n) is 1.63. The lowest BCUT2D eigenvalue weighted by Crippen LogP contribution is -2.49. The zero-order valence-corrected chi connectivity index (χ0v) is 8.72. The molecule has 0 N–H and O–H groups in total. The van der Waals surface area contributed by atoms with Gasteiger partial charge in [-0.05, 0) is 12.8 Å². The highest BCUT2D eigenvalue weighted by molar-refractivity contribution is 5.76. The highest BCUT2D eigenvalue weighted by Crippen LogP contribution is 2.32. The Morgan fingerprint density at radius 2 is 2.21 bits per heavy atom. The predicted octanol–water partition coefficient (Wildman–Crippen LogP) is 2.29. The molecule has 0 saturated carbocycles.